The summed E-state index contributed by atoms with van der Waals surface area (Å²) in [6.07, 6.45) is 0.0916. The summed E-state index contributed by atoms with van der Waals surface area (Å²) in [5, 5.41) is 0. The molecule has 0 aliphatic carbocycles. The van der Waals surface area contributed by atoms with E-state index in [1.165, 1.54) is 6.92 Å². The summed E-state index contributed by atoms with van der Waals surface area (Å²) in [6.45, 7) is 8.06. The highest BCUT2D eigenvalue weighted by atomic mass is 16.6. The van der Waals surface area contributed by atoms with Crippen molar-refractivity contribution in [3.05, 3.63) is 0 Å². The quantitative estimate of drug-likeness (QED) is 0.758. The number of rotatable bonds is 4. The van der Waals surface area contributed by atoms with Crippen LogP contribution in [0.15, 0.2) is 0 Å². The van der Waals surface area contributed by atoms with Crippen LogP contribution in [0.2, 0.25) is 0 Å². The third-order valence-electron chi connectivity index (χ3n) is 1.76. The molecule has 0 aromatic carbocycles. The normalized spacial score (nSPS) is 10.9. The number of hydrogen-bond acceptors (Lipinski definition) is 4. The topological polar surface area (TPSA) is 63.7 Å². The summed E-state index contributed by atoms with van der Waals surface area (Å²) in [5.41, 5.74) is -0.682. The van der Waals surface area contributed by atoms with E-state index in [0.717, 1.165) is 4.90 Å². The molecule has 0 spiro atoms. The summed E-state index contributed by atoms with van der Waals surface area (Å²) < 4.78 is 5.08. The van der Waals surface area contributed by atoms with E-state index >= 15 is 0 Å². The van der Waals surface area contributed by atoms with Crippen molar-refractivity contribution < 1.29 is 19.1 Å². The van der Waals surface area contributed by atoms with E-state index in [-0.39, 0.29) is 24.7 Å². The predicted octanol–water partition coefficient (Wildman–Crippen LogP) is 2.14. The molecule has 0 aromatic rings. The van der Waals surface area contributed by atoms with Gasteiger partial charge >= 0.3 is 6.09 Å². The highest BCUT2D eigenvalue weighted by Gasteiger charge is 2.27. The number of carbonyl (C=O) groups is 3. The fourth-order valence-electron chi connectivity index (χ4n) is 1.14. The molecule has 0 rings (SSSR count). The highest BCUT2D eigenvalue weighted by Crippen LogP contribution is 2.11. The molecule has 0 fully saturated rings. The lowest BCUT2D eigenvalue weighted by atomic mass is 10.2. The fourth-order valence-corrected chi connectivity index (χ4v) is 1.14. The molecule has 0 atom stereocenters. The SMILES string of the molecule is CCCC(=O)N(CC(C)=O)C(=O)OC(C)(C)C. The van der Waals surface area contributed by atoms with Crippen molar-refractivity contribution in [2.24, 2.45) is 0 Å². The summed E-state index contributed by atoms with van der Waals surface area (Å²) in [4.78, 5) is 35.3. The number of carbonyl (C=O) groups excluding carboxylic acids is 3. The van der Waals surface area contributed by atoms with Gasteiger partial charge in [0, 0.05) is 6.42 Å². The summed E-state index contributed by atoms with van der Waals surface area (Å²) in [6, 6.07) is 0. The number of Topliss-reactive ketones (excluding diaryl/α,β-unsaturated/α-hetero) is 1. The largest absolute Gasteiger partial charge is 0.443 e. The lowest BCUT2D eigenvalue weighted by molar-refractivity contribution is -0.134. The van der Waals surface area contributed by atoms with Crippen molar-refractivity contribution in [3.63, 3.8) is 0 Å². The Bertz CT molecular complexity index is 304. The van der Waals surface area contributed by atoms with Crippen molar-refractivity contribution in [1.29, 1.82) is 0 Å². The van der Waals surface area contributed by atoms with Gasteiger partial charge in [0.1, 0.15) is 11.4 Å². The second kappa shape index (κ2) is 6.37. The molecule has 5 heteroatoms. The van der Waals surface area contributed by atoms with Gasteiger partial charge in [-0.25, -0.2) is 9.69 Å². The van der Waals surface area contributed by atoms with Gasteiger partial charge in [0.2, 0.25) is 5.91 Å². The second-order valence-electron chi connectivity index (χ2n) is 4.91. The maximum absolute atomic E-state index is 11.7. The minimum Gasteiger partial charge on any atom is -0.443 e. The van der Waals surface area contributed by atoms with Crippen LogP contribution in [0.3, 0.4) is 0 Å². The number of hydrogen-bond donors (Lipinski definition) is 0. The first-order valence-electron chi connectivity index (χ1n) is 5.70. The zero-order valence-electron chi connectivity index (χ0n) is 11.2. The summed E-state index contributed by atoms with van der Waals surface area (Å²) in [5.74, 6) is -0.628. The third-order valence-corrected chi connectivity index (χ3v) is 1.76. The molecule has 98 valence electrons. The molecule has 0 aliphatic heterocycles. The second-order valence-corrected chi connectivity index (χ2v) is 4.91. The van der Waals surface area contributed by atoms with Gasteiger partial charge in [0.05, 0.1) is 6.54 Å². The molecule has 0 aromatic heterocycles. The number of nitrogens with zero attached hydrogens (tertiary/aromatic N) is 1. The molecule has 2 amide bonds. The third kappa shape index (κ3) is 6.71. The Morgan fingerprint density at radius 1 is 1.18 bits per heavy atom. The highest BCUT2D eigenvalue weighted by molar-refractivity contribution is 5.96. The van der Waals surface area contributed by atoms with E-state index in [0.29, 0.717) is 6.42 Å². The standard InChI is InChI=1S/C12H21NO4/c1-6-7-10(15)13(8-9(2)14)11(16)17-12(3,4)5/h6-8H2,1-5H3. The summed E-state index contributed by atoms with van der Waals surface area (Å²) >= 11 is 0. The molecular weight excluding hydrogens is 222 g/mol. The first-order chi connectivity index (χ1) is 7.67. The van der Waals surface area contributed by atoms with E-state index in [2.05, 4.69) is 0 Å². The molecule has 0 bridgehead atoms. The Kier molecular flexibility index (Phi) is 5.85. The minimum absolute atomic E-state index is 0.228. The molecular formula is C12H21NO4. The van der Waals surface area contributed by atoms with Gasteiger partial charge in [-0.3, -0.25) is 9.59 Å². The van der Waals surface area contributed by atoms with E-state index < -0.39 is 11.7 Å². The van der Waals surface area contributed by atoms with Gasteiger partial charge in [-0.15, -0.1) is 0 Å². The van der Waals surface area contributed by atoms with Crippen LogP contribution in [0.25, 0.3) is 0 Å². The number of ether oxygens (including phenoxy) is 1. The molecule has 0 saturated carbocycles. The average Bonchev–Trinajstić information content (AvgIpc) is 2.11. The summed E-state index contributed by atoms with van der Waals surface area (Å²) in [7, 11) is 0. The Morgan fingerprint density at radius 3 is 2.06 bits per heavy atom. The fraction of sp³-hybridized carbons (Fsp3) is 0.750. The molecule has 0 N–H and O–H groups in total. The van der Waals surface area contributed by atoms with E-state index in [9.17, 15) is 14.4 Å². The van der Waals surface area contributed by atoms with Crippen LogP contribution >= 0.6 is 0 Å². The van der Waals surface area contributed by atoms with Crippen LogP contribution in [0.1, 0.15) is 47.5 Å². The molecule has 0 aliphatic rings. The number of amides is 2. The average molecular weight is 243 g/mol. The number of imide groups is 1. The molecule has 0 unspecified atom stereocenters. The lowest BCUT2D eigenvalue weighted by Crippen LogP contribution is -2.43. The van der Waals surface area contributed by atoms with Gasteiger partial charge in [-0.2, -0.15) is 0 Å². The van der Waals surface area contributed by atoms with E-state index in [1.54, 1.807) is 20.8 Å². The van der Waals surface area contributed by atoms with Crippen molar-refractivity contribution >= 4 is 17.8 Å². The maximum Gasteiger partial charge on any atom is 0.417 e. The predicted molar refractivity (Wildman–Crippen MR) is 63.5 cm³/mol. The minimum atomic E-state index is -0.758. The Balaban J connectivity index is 4.73. The van der Waals surface area contributed by atoms with Gasteiger partial charge in [0.15, 0.2) is 0 Å². The maximum atomic E-state index is 11.7. The molecule has 0 radical (unpaired) electrons. The van der Waals surface area contributed by atoms with E-state index in [1.807, 2.05) is 6.92 Å². The van der Waals surface area contributed by atoms with Crippen LogP contribution in [0.5, 0.6) is 0 Å². The van der Waals surface area contributed by atoms with Crippen molar-refractivity contribution in [3.8, 4) is 0 Å². The van der Waals surface area contributed by atoms with Crippen LogP contribution in [-0.2, 0) is 14.3 Å². The molecule has 5 nitrogen and oxygen atoms in total. The van der Waals surface area contributed by atoms with Crippen LogP contribution in [0, 0.1) is 0 Å². The van der Waals surface area contributed by atoms with Gasteiger partial charge in [-0.05, 0) is 34.1 Å². The first-order valence-corrected chi connectivity index (χ1v) is 5.70. The Labute approximate surface area is 102 Å². The zero-order chi connectivity index (χ0) is 13.6. The van der Waals surface area contributed by atoms with Crippen LogP contribution < -0.4 is 0 Å². The Hall–Kier alpha value is -1.39. The number of ketones is 1. The van der Waals surface area contributed by atoms with Crippen molar-refractivity contribution in [1.82, 2.24) is 4.90 Å². The van der Waals surface area contributed by atoms with Gasteiger partial charge < -0.3 is 4.74 Å². The lowest BCUT2D eigenvalue weighted by Gasteiger charge is -2.25. The van der Waals surface area contributed by atoms with Gasteiger partial charge in [-0.1, -0.05) is 6.92 Å². The monoisotopic (exact) mass is 243 g/mol. The first kappa shape index (κ1) is 15.6. The molecule has 17 heavy (non-hydrogen) atoms. The van der Waals surface area contributed by atoms with Crippen LogP contribution in [-0.4, -0.2) is 34.8 Å². The smallest absolute Gasteiger partial charge is 0.417 e. The molecule has 0 saturated heterocycles. The van der Waals surface area contributed by atoms with Crippen molar-refractivity contribution in [2.45, 2.75) is 53.1 Å². The zero-order valence-corrected chi connectivity index (χ0v) is 11.2. The Morgan fingerprint density at radius 2 is 1.71 bits per heavy atom. The van der Waals surface area contributed by atoms with Crippen molar-refractivity contribution in [2.75, 3.05) is 6.54 Å². The van der Waals surface area contributed by atoms with E-state index in [4.69, 9.17) is 4.74 Å². The van der Waals surface area contributed by atoms with Crippen LogP contribution in [0.4, 0.5) is 4.79 Å². The van der Waals surface area contributed by atoms with Gasteiger partial charge in [0.25, 0.3) is 0 Å². The molecule has 0 heterocycles.